The van der Waals surface area contributed by atoms with Crippen molar-refractivity contribution in [1.82, 2.24) is 5.32 Å². The lowest BCUT2D eigenvalue weighted by molar-refractivity contribution is -0.123. The summed E-state index contributed by atoms with van der Waals surface area (Å²) in [6, 6.07) is 8.32. The number of para-hydroxylation sites is 1. The number of nitrogens with one attached hydrogen (secondary N) is 1. The summed E-state index contributed by atoms with van der Waals surface area (Å²) >= 11 is 0. The van der Waals surface area contributed by atoms with E-state index in [0.717, 1.165) is 31.7 Å². The van der Waals surface area contributed by atoms with E-state index in [1.54, 1.807) is 0 Å². The molecule has 1 atom stereocenters. The molecule has 0 aromatic heterocycles. The minimum atomic E-state index is 0.191. The third-order valence-corrected chi connectivity index (χ3v) is 3.94. The molecule has 0 spiro atoms. The van der Waals surface area contributed by atoms with Crippen LogP contribution in [0.5, 0.6) is 0 Å². The average Bonchev–Trinajstić information content (AvgIpc) is 2.27. The van der Waals surface area contributed by atoms with Gasteiger partial charge in [0.25, 0.3) is 0 Å². The largest absolute Gasteiger partial charge is 0.315 e. The Morgan fingerprint density at radius 1 is 1.35 bits per heavy atom. The van der Waals surface area contributed by atoms with Crippen LogP contribution in [0.2, 0.25) is 0 Å². The van der Waals surface area contributed by atoms with Crippen molar-refractivity contribution in [2.45, 2.75) is 19.3 Å². The van der Waals surface area contributed by atoms with E-state index >= 15 is 0 Å². The number of benzene rings is 1. The van der Waals surface area contributed by atoms with Gasteiger partial charge < -0.3 is 10.2 Å². The highest BCUT2D eigenvalue weighted by Gasteiger charge is 2.33. The normalized spacial score (nSPS) is 24.1. The fraction of sp³-hybridized carbons (Fsp3) is 0.500. The van der Waals surface area contributed by atoms with Crippen LogP contribution in [-0.2, 0) is 4.79 Å². The van der Waals surface area contributed by atoms with E-state index < -0.39 is 0 Å². The fourth-order valence-corrected chi connectivity index (χ4v) is 2.66. The van der Waals surface area contributed by atoms with Crippen molar-refractivity contribution in [1.29, 1.82) is 0 Å². The Labute approximate surface area is 102 Å². The number of hydrogen-bond acceptors (Lipinski definition) is 2. The Hall–Kier alpha value is -1.35. The van der Waals surface area contributed by atoms with Crippen LogP contribution in [0.25, 0.3) is 0 Å². The molecule has 2 aliphatic heterocycles. The van der Waals surface area contributed by atoms with Crippen LogP contribution in [0.3, 0.4) is 0 Å². The molecule has 2 heterocycles. The summed E-state index contributed by atoms with van der Waals surface area (Å²) in [5.74, 6) is 1.05. The van der Waals surface area contributed by atoms with Gasteiger partial charge >= 0.3 is 0 Å². The lowest BCUT2D eigenvalue weighted by Crippen LogP contribution is -2.53. The molecule has 3 heteroatoms. The van der Waals surface area contributed by atoms with Crippen LogP contribution in [0, 0.1) is 5.92 Å². The summed E-state index contributed by atoms with van der Waals surface area (Å²) in [7, 11) is 0. The third kappa shape index (κ3) is 1.75. The maximum atomic E-state index is 12.3. The Morgan fingerprint density at radius 2 is 2.12 bits per heavy atom. The molecule has 3 nitrogen and oxygen atoms in total. The van der Waals surface area contributed by atoms with E-state index in [1.165, 1.54) is 5.56 Å². The van der Waals surface area contributed by atoms with Crippen molar-refractivity contribution >= 4 is 11.6 Å². The van der Waals surface area contributed by atoms with Gasteiger partial charge in [-0.3, -0.25) is 4.79 Å². The summed E-state index contributed by atoms with van der Waals surface area (Å²) in [6.45, 7) is 4.79. The van der Waals surface area contributed by atoms with E-state index in [2.05, 4.69) is 30.4 Å². The first-order chi connectivity index (χ1) is 8.27. The first kappa shape index (κ1) is 10.8. The van der Waals surface area contributed by atoms with E-state index in [4.69, 9.17) is 0 Å². The Kier molecular flexibility index (Phi) is 2.63. The highest BCUT2D eigenvalue weighted by molar-refractivity contribution is 5.97. The zero-order valence-electron chi connectivity index (χ0n) is 10.1. The van der Waals surface area contributed by atoms with Gasteiger partial charge in [-0.1, -0.05) is 25.1 Å². The van der Waals surface area contributed by atoms with Gasteiger partial charge in [0.2, 0.25) is 5.91 Å². The van der Waals surface area contributed by atoms with Gasteiger partial charge in [0.1, 0.15) is 0 Å². The lowest BCUT2D eigenvalue weighted by atomic mass is 9.90. The minimum absolute atomic E-state index is 0.191. The lowest BCUT2D eigenvalue weighted by Gasteiger charge is -2.37. The predicted octanol–water partition coefficient (Wildman–Crippen LogP) is 1.75. The number of amides is 1. The molecule has 2 aliphatic rings. The molecule has 3 rings (SSSR count). The van der Waals surface area contributed by atoms with E-state index in [0.29, 0.717) is 11.8 Å². The standard InChI is InChI=1S/C14H18N2O/c1-10-6-7-16(14(17)11-8-15-9-11)13-5-3-2-4-12(10)13/h2-5,10-11,15H,6-9H2,1H3. The van der Waals surface area contributed by atoms with Gasteiger partial charge in [0.15, 0.2) is 0 Å². The van der Waals surface area contributed by atoms with Crippen LogP contribution >= 0.6 is 0 Å². The molecule has 1 N–H and O–H groups in total. The SMILES string of the molecule is CC1CCN(C(=O)C2CNC2)c2ccccc21. The number of anilines is 1. The molecule has 1 fully saturated rings. The van der Waals surface area contributed by atoms with Crippen LogP contribution in [-0.4, -0.2) is 25.5 Å². The molecular formula is C14H18N2O. The van der Waals surface area contributed by atoms with Crippen molar-refractivity contribution in [2.24, 2.45) is 5.92 Å². The van der Waals surface area contributed by atoms with Crippen LogP contribution < -0.4 is 10.2 Å². The summed E-state index contributed by atoms with van der Waals surface area (Å²) in [5.41, 5.74) is 2.45. The van der Waals surface area contributed by atoms with E-state index in [1.807, 2.05) is 11.0 Å². The second-order valence-electron chi connectivity index (χ2n) is 5.09. The van der Waals surface area contributed by atoms with Crippen molar-refractivity contribution in [3.8, 4) is 0 Å². The second kappa shape index (κ2) is 4.15. The maximum Gasteiger partial charge on any atom is 0.232 e. The predicted molar refractivity (Wildman–Crippen MR) is 68.2 cm³/mol. The van der Waals surface area contributed by atoms with Gasteiger partial charge in [-0.25, -0.2) is 0 Å². The maximum absolute atomic E-state index is 12.3. The highest BCUT2D eigenvalue weighted by atomic mass is 16.2. The Morgan fingerprint density at radius 3 is 2.82 bits per heavy atom. The number of rotatable bonds is 1. The number of carbonyl (C=O) groups is 1. The third-order valence-electron chi connectivity index (χ3n) is 3.94. The second-order valence-corrected chi connectivity index (χ2v) is 5.09. The van der Waals surface area contributed by atoms with Gasteiger partial charge in [-0.15, -0.1) is 0 Å². The molecular weight excluding hydrogens is 212 g/mol. The smallest absolute Gasteiger partial charge is 0.232 e. The molecule has 1 unspecified atom stereocenters. The van der Waals surface area contributed by atoms with E-state index in [9.17, 15) is 4.79 Å². The van der Waals surface area contributed by atoms with Crippen molar-refractivity contribution in [2.75, 3.05) is 24.5 Å². The van der Waals surface area contributed by atoms with Crippen LogP contribution in [0.1, 0.15) is 24.8 Å². The molecule has 0 radical (unpaired) electrons. The summed E-state index contributed by atoms with van der Waals surface area (Å²) in [6.07, 6.45) is 1.07. The molecule has 0 saturated carbocycles. The number of hydrogen-bond donors (Lipinski definition) is 1. The Balaban J connectivity index is 1.92. The summed E-state index contributed by atoms with van der Waals surface area (Å²) < 4.78 is 0. The molecule has 1 saturated heterocycles. The van der Waals surface area contributed by atoms with Gasteiger partial charge in [-0.05, 0) is 24.0 Å². The van der Waals surface area contributed by atoms with Crippen LogP contribution in [0.15, 0.2) is 24.3 Å². The topological polar surface area (TPSA) is 32.3 Å². The summed E-state index contributed by atoms with van der Waals surface area (Å²) in [4.78, 5) is 14.3. The molecule has 1 amide bonds. The molecule has 1 aromatic carbocycles. The fourth-order valence-electron chi connectivity index (χ4n) is 2.66. The van der Waals surface area contributed by atoms with Crippen LogP contribution in [0.4, 0.5) is 5.69 Å². The zero-order chi connectivity index (χ0) is 11.8. The minimum Gasteiger partial charge on any atom is -0.315 e. The first-order valence-electron chi connectivity index (χ1n) is 6.38. The highest BCUT2D eigenvalue weighted by Crippen LogP contribution is 2.35. The zero-order valence-corrected chi connectivity index (χ0v) is 10.1. The average molecular weight is 230 g/mol. The monoisotopic (exact) mass is 230 g/mol. The molecule has 0 aliphatic carbocycles. The first-order valence-corrected chi connectivity index (χ1v) is 6.38. The van der Waals surface area contributed by atoms with Crippen molar-refractivity contribution < 1.29 is 4.79 Å². The molecule has 1 aromatic rings. The Bertz CT molecular complexity index is 440. The molecule has 17 heavy (non-hydrogen) atoms. The van der Waals surface area contributed by atoms with Gasteiger partial charge in [0, 0.05) is 25.3 Å². The summed E-state index contributed by atoms with van der Waals surface area (Å²) in [5, 5.41) is 3.17. The van der Waals surface area contributed by atoms with Gasteiger partial charge in [-0.2, -0.15) is 0 Å². The van der Waals surface area contributed by atoms with E-state index in [-0.39, 0.29) is 5.92 Å². The molecule has 0 bridgehead atoms. The molecule has 90 valence electrons. The van der Waals surface area contributed by atoms with Crippen molar-refractivity contribution in [3.63, 3.8) is 0 Å². The number of fused-ring (bicyclic) bond motifs is 1. The quantitative estimate of drug-likeness (QED) is 0.797. The van der Waals surface area contributed by atoms with Gasteiger partial charge in [0.05, 0.1) is 5.92 Å². The van der Waals surface area contributed by atoms with Crippen molar-refractivity contribution in [3.05, 3.63) is 29.8 Å². The number of carbonyl (C=O) groups excluding carboxylic acids is 1. The number of nitrogens with zero attached hydrogens (tertiary/aromatic N) is 1.